The molecule has 0 aromatic carbocycles. The van der Waals surface area contributed by atoms with Crippen molar-refractivity contribution in [3.8, 4) is 0 Å². The van der Waals surface area contributed by atoms with E-state index < -0.39 is 12.8 Å². The van der Waals surface area contributed by atoms with E-state index in [1.807, 2.05) is 6.92 Å². The van der Waals surface area contributed by atoms with E-state index in [2.05, 4.69) is 15.4 Å². The van der Waals surface area contributed by atoms with Crippen molar-refractivity contribution in [1.29, 1.82) is 0 Å². The lowest BCUT2D eigenvalue weighted by Gasteiger charge is -2.28. The van der Waals surface area contributed by atoms with Gasteiger partial charge in [0.05, 0.1) is 6.61 Å². The van der Waals surface area contributed by atoms with E-state index in [4.69, 9.17) is 0 Å². The van der Waals surface area contributed by atoms with E-state index in [0.717, 1.165) is 25.9 Å². The van der Waals surface area contributed by atoms with Gasteiger partial charge in [-0.05, 0) is 37.8 Å². The minimum Gasteiger partial charge on any atom is -0.370 e. The summed E-state index contributed by atoms with van der Waals surface area (Å²) in [5, 5.41) is 5.89. The number of rotatable bonds is 7. The summed E-state index contributed by atoms with van der Waals surface area (Å²) in [7, 11) is 0. The molecule has 0 radical (unpaired) electrons. The Bertz CT molecular complexity index is 298. The maximum atomic E-state index is 11.8. The molecule has 0 aromatic heterocycles. The van der Waals surface area contributed by atoms with Crippen LogP contribution < -0.4 is 10.6 Å². The van der Waals surface area contributed by atoms with Gasteiger partial charge in [0, 0.05) is 13.0 Å². The van der Waals surface area contributed by atoms with Crippen molar-refractivity contribution in [2.45, 2.75) is 32.4 Å². The topological polar surface area (TPSA) is 50.4 Å². The Balaban J connectivity index is 0.00000400. The standard InChI is InChI=1S/C13H23F3N2O2.ClH/c1-10(11-3-2-4-17-8-11)7-12(19)18-5-6-20-9-13(14,15)16;/h10-11,17H,2-9H2,1H3,(H,18,19);1H. The number of carbonyl (C=O) groups is 1. The monoisotopic (exact) mass is 332 g/mol. The fraction of sp³-hybridized carbons (Fsp3) is 0.923. The number of nitrogens with one attached hydrogen (secondary N) is 2. The van der Waals surface area contributed by atoms with E-state index in [1.54, 1.807) is 0 Å². The van der Waals surface area contributed by atoms with Gasteiger partial charge in [0.2, 0.25) is 5.91 Å². The van der Waals surface area contributed by atoms with Gasteiger partial charge < -0.3 is 15.4 Å². The highest BCUT2D eigenvalue weighted by Gasteiger charge is 2.27. The first kappa shape index (κ1) is 20.5. The summed E-state index contributed by atoms with van der Waals surface area (Å²) in [4.78, 5) is 11.6. The predicted octanol–water partition coefficient (Wildman–Crippen LogP) is 2.13. The van der Waals surface area contributed by atoms with E-state index >= 15 is 0 Å². The van der Waals surface area contributed by atoms with Gasteiger partial charge in [0.15, 0.2) is 0 Å². The fourth-order valence-corrected chi connectivity index (χ4v) is 2.35. The summed E-state index contributed by atoms with van der Waals surface area (Å²) >= 11 is 0. The number of halogens is 4. The molecule has 1 aliphatic heterocycles. The fourth-order valence-electron chi connectivity index (χ4n) is 2.35. The van der Waals surface area contributed by atoms with Crippen LogP contribution in [0.3, 0.4) is 0 Å². The van der Waals surface area contributed by atoms with E-state index in [0.29, 0.717) is 12.3 Å². The van der Waals surface area contributed by atoms with Crippen molar-refractivity contribution in [3.05, 3.63) is 0 Å². The lowest BCUT2D eigenvalue weighted by Crippen LogP contribution is -2.36. The molecule has 1 fully saturated rings. The van der Waals surface area contributed by atoms with Crippen LogP contribution in [0.2, 0.25) is 0 Å². The molecular weight excluding hydrogens is 309 g/mol. The summed E-state index contributed by atoms with van der Waals surface area (Å²) in [5.41, 5.74) is 0. The Labute approximate surface area is 129 Å². The normalized spacial score (nSPS) is 20.5. The summed E-state index contributed by atoms with van der Waals surface area (Å²) in [6, 6.07) is 0. The Morgan fingerprint density at radius 1 is 1.48 bits per heavy atom. The van der Waals surface area contributed by atoms with Crippen LogP contribution in [0.1, 0.15) is 26.2 Å². The zero-order chi connectivity index (χ0) is 15.0. The smallest absolute Gasteiger partial charge is 0.370 e. The lowest BCUT2D eigenvalue weighted by molar-refractivity contribution is -0.173. The maximum Gasteiger partial charge on any atom is 0.411 e. The molecular formula is C13H24ClF3N2O2. The van der Waals surface area contributed by atoms with Crippen molar-refractivity contribution < 1.29 is 22.7 Å². The first-order chi connectivity index (χ1) is 9.38. The summed E-state index contributed by atoms with van der Waals surface area (Å²) < 4.78 is 39.8. The third-order valence-electron chi connectivity index (χ3n) is 3.48. The van der Waals surface area contributed by atoms with Crippen molar-refractivity contribution in [2.75, 3.05) is 32.8 Å². The van der Waals surface area contributed by atoms with Gasteiger partial charge in [-0.15, -0.1) is 12.4 Å². The van der Waals surface area contributed by atoms with Crippen molar-refractivity contribution in [2.24, 2.45) is 11.8 Å². The number of hydrogen-bond donors (Lipinski definition) is 2. The third kappa shape index (κ3) is 9.92. The van der Waals surface area contributed by atoms with E-state index in [9.17, 15) is 18.0 Å². The Morgan fingerprint density at radius 2 is 2.19 bits per heavy atom. The molecule has 0 bridgehead atoms. The molecule has 21 heavy (non-hydrogen) atoms. The van der Waals surface area contributed by atoms with Gasteiger partial charge in [-0.1, -0.05) is 6.92 Å². The Hall–Kier alpha value is -0.530. The number of amides is 1. The molecule has 2 unspecified atom stereocenters. The molecule has 2 atom stereocenters. The van der Waals surface area contributed by atoms with Gasteiger partial charge in [-0.3, -0.25) is 4.79 Å². The van der Waals surface area contributed by atoms with Crippen LogP contribution in [0.5, 0.6) is 0 Å². The van der Waals surface area contributed by atoms with E-state index in [-0.39, 0.29) is 37.4 Å². The maximum absolute atomic E-state index is 11.8. The van der Waals surface area contributed by atoms with Gasteiger partial charge >= 0.3 is 6.18 Å². The number of hydrogen-bond acceptors (Lipinski definition) is 3. The highest BCUT2D eigenvalue weighted by Crippen LogP contribution is 2.22. The van der Waals surface area contributed by atoms with Crippen molar-refractivity contribution >= 4 is 18.3 Å². The summed E-state index contributed by atoms with van der Waals surface area (Å²) in [6.07, 6.45) is -1.66. The molecule has 1 heterocycles. The lowest BCUT2D eigenvalue weighted by atomic mass is 9.85. The molecule has 1 rings (SSSR count). The predicted molar refractivity (Wildman–Crippen MR) is 76.5 cm³/mol. The molecule has 0 spiro atoms. The highest BCUT2D eigenvalue weighted by molar-refractivity contribution is 5.85. The largest absolute Gasteiger partial charge is 0.411 e. The summed E-state index contributed by atoms with van der Waals surface area (Å²) in [5.74, 6) is 0.647. The average molecular weight is 333 g/mol. The minimum absolute atomic E-state index is 0. The molecule has 126 valence electrons. The SMILES string of the molecule is CC(CC(=O)NCCOCC(F)(F)F)C1CCCNC1.Cl. The van der Waals surface area contributed by atoms with Gasteiger partial charge in [-0.25, -0.2) is 0 Å². The first-order valence-electron chi connectivity index (χ1n) is 7.00. The minimum atomic E-state index is -4.31. The molecule has 2 N–H and O–H groups in total. The molecule has 4 nitrogen and oxygen atoms in total. The molecule has 1 saturated heterocycles. The van der Waals surface area contributed by atoms with Crippen molar-refractivity contribution in [1.82, 2.24) is 10.6 Å². The molecule has 0 aliphatic carbocycles. The number of carbonyl (C=O) groups excluding carboxylic acids is 1. The second-order valence-corrected chi connectivity index (χ2v) is 5.31. The van der Waals surface area contributed by atoms with Gasteiger partial charge in [0.25, 0.3) is 0 Å². The number of piperidine rings is 1. The van der Waals surface area contributed by atoms with Crippen LogP contribution in [0.4, 0.5) is 13.2 Å². The van der Waals surface area contributed by atoms with E-state index in [1.165, 1.54) is 0 Å². The number of alkyl halides is 3. The second kappa shape index (κ2) is 10.2. The van der Waals surface area contributed by atoms with Crippen LogP contribution in [0.15, 0.2) is 0 Å². The first-order valence-corrected chi connectivity index (χ1v) is 7.00. The molecule has 1 amide bonds. The van der Waals surface area contributed by atoms with Crippen LogP contribution in [0, 0.1) is 11.8 Å². The number of ether oxygens (including phenoxy) is 1. The Morgan fingerprint density at radius 3 is 2.76 bits per heavy atom. The summed E-state index contributed by atoms with van der Waals surface area (Å²) in [6.45, 7) is 2.73. The van der Waals surface area contributed by atoms with Crippen LogP contribution in [-0.4, -0.2) is 44.9 Å². The van der Waals surface area contributed by atoms with Gasteiger partial charge in [-0.2, -0.15) is 13.2 Å². The highest BCUT2D eigenvalue weighted by atomic mass is 35.5. The molecule has 1 aliphatic rings. The molecule has 0 saturated carbocycles. The van der Waals surface area contributed by atoms with Crippen LogP contribution >= 0.6 is 12.4 Å². The quantitative estimate of drug-likeness (QED) is 0.702. The molecule has 0 aromatic rings. The average Bonchev–Trinajstić information content (AvgIpc) is 2.38. The van der Waals surface area contributed by atoms with Crippen LogP contribution in [0.25, 0.3) is 0 Å². The molecule has 8 heteroatoms. The van der Waals surface area contributed by atoms with Crippen molar-refractivity contribution in [3.63, 3.8) is 0 Å². The third-order valence-corrected chi connectivity index (χ3v) is 3.48. The van der Waals surface area contributed by atoms with Crippen LogP contribution in [-0.2, 0) is 9.53 Å². The Kier molecular flexibility index (Phi) is 9.98. The zero-order valence-corrected chi connectivity index (χ0v) is 13.0. The van der Waals surface area contributed by atoms with Gasteiger partial charge in [0.1, 0.15) is 6.61 Å². The second-order valence-electron chi connectivity index (χ2n) is 5.31. The zero-order valence-electron chi connectivity index (χ0n) is 12.2.